The highest BCUT2D eigenvalue weighted by atomic mass is 15.2. The minimum atomic E-state index is 0.506. The summed E-state index contributed by atoms with van der Waals surface area (Å²) in [4.78, 5) is 11.2. The second kappa shape index (κ2) is 5.54. The highest BCUT2D eigenvalue weighted by Gasteiger charge is 2.10. The van der Waals surface area contributed by atoms with Crippen molar-refractivity contribution in [1.29, 1.82) is 0 Å². The third-order valence-corrected chi connectivity index (χ3v) is 3.70. The summed E-state index contributed by atoms with van der Waals surface area (Å²) in [5.74, 6) is 1.92. The second-order valence-electron chi connectivity index (χ2n) is 5.17. The average Bonchev–Trinajstić information content (AvgIpc) is 2.91. The zero-order chi connectivity index (χ0) is 14.8. The van der Waals surface area contributed by atoms with Crippen molar-refractivity contribution in [3.05, 3.63) is 54.1 Å². The van der Waals surface area contributed by atoms with Crippen LogP contribution in [0.2, 0.25) is 0 Å². The van der Waals surface area contributed by atoms with E-state index in [1.165, 1.54) is 0 Å². The lowest BCUT2D eigenvalue weighted by molar-refractivity contribution is 0.756. The van der Waals surface area contributed by atoms with Crippen LogP contribution in [0.3, 0.4) is 0 Å². The molecule has 0 aliphatic carbocycles. The van der Waals surface area contributed by atoms with E-state index in [0.717, 1.165) is 28.1 Å². The van der Waals surface area contributed by atoms with Gasteiger partial charge in [0.05, 0.1) is 12.1 Å². The standard InChI is InChI=1S/C16H19N5/c1-20-8-7-18-16(20)11-21(2)15-9-12(10-17)13-5-3-4-6-14(13)19-15/h3-9H,10-11,17H2,1-2H3. The van der Waals surface area contributed by atoms with Crippen LogP contribution >= 0.6 is 0 Å². The van der Waals surface area contributed by atoms with Crippen LogP contribution in [0.15, 0.2) is 42.7 Å². The van der Waals surface area contributed by atoms with Crippen molar-refractivity contribution in [1.82, 2.24) is 14.5 Å². The van der Waals surface area contributed by atoms with E-state index >= 15 is 0 Å². The van der Waals surface area contributed by atoms with E-state index < -0.39 is 0 Å². The number of benzene rings is 1. The van der Waals surface area contributed by atoms with Crippen molar-refractivity contribution in [2.45, 2.75) is 13.1 Å². The van der Waals surface area contributed by atoms with Gasteiger partial charge in [-0.1, -0.05) is 18.2 Å². The van der Waals surface area contributed by atoms with Gasteiger partial charge in [-0.2, -0.15) is 0 Å². The third kappa shape index (κ3) is 2.60. The Hall–Kier alpha value is -2.40. The fourth-order valence-electron chi connectivity index (χ4n) is 2.44. The Morgan fingerprint density at radius 3 is 2.81 bits per heavy atom. The molecule has 3 rings (SSSR count). The molecule has 0 aliphatic rings. The minimum Gasteiger partial charge on any atom is -0.352 e. The Morgan fingerprint density at radius 1 is 1.29 bits per heavy atom. The van der Waals surface area contributed by atoms with Crippen LogP contribution in [-0.4, -0.2) is 21.6 Å². The second-order valence-corrected chi connectivity index (χ2v) is 5.17. The molecule has 0 unspecified atom stereocenters. The normalized spacial score (nSPS) is 11.0. The topological polar surface area (TPSA) is 60.0 Å². The highest BCUT2D eigenvalue weighted by Crippen LogP contribution is 2.22. The van der Waals surface area contributed by atoms with E-state index in [1.54, 1.807) is 0 Å². The van der Waals surface area contributed by atoms with Gasteiger partial charge in [0, 0.05) is 38.4 Å². The van der Waals surface area contributed by atoms with Gasteiger partial charge in [0.25, 0.3) is 0 Å². The quantitative estimate of drug-likeness (QED) is 0.795. The van der Waals surface area contributed by atoms with Crippen molar-refractivity contribution >= 4 is 16.7 Å². The van der Waals surface area contributed by atoms with Gasteiger partial charge in [0.2, 0.25) is 0 Å². The minimum absolute atomic E-state index is 0.506. The molecule has 0 fully saturated rings. The summed E-state index contributed by atoms with van der Waals surface area (Å²) >= 11 is 0. The molecular formula is C16H19N5. The van der Waals surface area contributed by atoms with Crippen molar-refractivity contribution < 1.29 is 0 Å². The van der Waals surface area contributed by atoms with Crippen LogP contribution in [0.25, 0.3) is 10.9 Å². The number of anilines is 1. The summed E-state index contributed by atoms with van der Waals surface area (Å²) in [6.45, 7) is 1.21. The number of hydrogen-bond acceptors (Lipinski definition) is 4. The van der Waals surface area contributed by atoms with Gasteiger partial charge in [0.15, 0.2) is 0 Å². The van der Waals surface area contributed by atoms with Crippen LogP contribution in [-0.2, 0) is 20.1 Å². The summed E-state index contributed by atoms with van der Waals surface area (Å²) in [6, 6.07) is 10.2. The third-order valence-electron chi connectivity index (χ3n) is 3.70. The molecule has 0 aliphatic heterocycles. The molecule has 5 nitrogen and oxygen atoms in total. The van der Waals surface area contributed by atoms with Gasteiger partial charge in [0.1, 0.15) is 11.6 Å². The molecule has 5 heteroatoms. The van der Waals surface area contributed by atoms with Gasteiger partial charge in [-0.05, 0) is 17.7 Å². The Morgan fingerprint density at radius 2 is 2.10 bits per heavy atom. The van der Waals surface area contributed by atoms with Crippen molar-refractivity contribution in [3.63, 3.8) is 0 Å². The molecule has 1 aromatic carbocycles. The first kappa shape index (κ1) is 13.6. The fraction of sp³-hybridized carbons (Fsp3) is 0.250. The Labute approximate surface area is 124 Å². The molecule has 0 atom stereocenters. The lowest BCUT2D eigenvalue weighted by atomic mass is 10.1. The molecule has 21 heavy (non-hydrogen) atoms. The number of nitrogens with two attached hydrogens (primary N) is 1. The monoisotopic (exact) mass is 281 g/mol. The number of imidazole rings is 1. The molecule has 108 valence electrons. The molecule has 0 saturated heterocycles. The first-order valence-electron chi connectivity index (χ1n) is 6.95. The van der Waals surface area contributed by atoms with Crippen LogP contribution < -0.4 is 10.6 Å². The fourth-order valence-corrected chi connectivity index (χ4v) is 2.44. The molecule has 0 radical (unpaired) electrons. The number of para-hydroxylation sites is 1. The number of pyridine rings is 1. The summed E-state index contributed by atoms with van der Waals surface area (Å²) < 4.78 is 2.02. The van der Waals surface area contributed by atoms with Gasteiger partial charge in [-0.25, -0.2) is 9.97 Å². The lowest BCUT2D eigenvalue weighted by Gasteiger charge is -2.19. The van der Waals surface area contributed by atoms with E-state index in [0.29, 0.717) is 13.1 Å². The summed E-state index contributed by atoms with van der Waals surface area (Å²) in [7, 11) is 4.02. The molecular weight excluding hydrogens is 262 g/mol. The van der Waals surface area contributed by atoms with E-state index in [1.807, 2.05) is 49.3 Å². The summed E-state index contributed by atoms with van der Waals surface area (Å²) in [6.07, 6.45) is 3.75. The SMILES string of the molecule is CN(Cc1nccn1C)c1cc(CN)c2ccccc2n1. The Bertz CT molecular complexity index is 762. The van der Waals surface area contributed by atoms with Gasteiger partial charge >= 0.3 is 0 Å². The molecule has 0 amide bonds. The molecule has 2 heterocycles. The van der Waals surface area contributed by atoms with Crippen LogP contribution in [0.5, 0.6) is 0 Å². The number of aromatic nitrogens is 3. The first-order valence-corrected chi connectivity index (χ1v) is 6.95. The highest BCUT2D eigenvalue weighted by molar-refractivity contribution is 5.84. The number of rotatable bonds is 4. The predicted octanol–water partition coefficient (Wildman–Crippen LogP) is 2.06. The van der Waals surface area contributed by atoms with Gasteiger partial charge < -0.3 is 15.2 Å². The van der Waals surface area contributed by atoms with Gasteiger partial charge in [-0.15, -0.1) is 0 Å². The molecule has 2 aromatic heterocycles. The number of fused-ring (bicyclic) bond motifs is 1. The van der Waals surface area contributed by atoms with Gasteiger partial charge in [-0.3, -0.25) is 0 Å². The number of hydrogen-bond donors (Lipinski definition) is 1. The zero-order valence-electron chi connectivity index (χ0n) is 12.3. The Kier molecular flexibility index (Phi) is 3.58. The Balaban J connectivity index is 1.98. The predicted molar refractivity (Wildman–Crippen MR) is 84.9 cm³/mol. The molecule has 3 aromatic rings. The number of aryl methyl sites for hydroxylation is 1. The van der Waals surface area contributed by atoms with E-state index in [-0.39, 0.29) is 0 Å². The molecule has 0 bridgehead atoms. The van der Waals surface area contributed by atoms with Crippen molar-refractivity contribution in [2.24, 2.45) is 12.8 Å². The zero-order valence-corrected chi connectivity index (χ0v) is 12.3. The van der Waals surface area contributed by atoms with Crippen molar-refractivity contribution in [3.8, 4) is 0 Å². The maximum Gasteiger partial charge on any atom is 0.129 e. The number of nitrogens with zero attached hydrogens (tertiary/aromatic N) is 4. The van der Waals surface area contributed by atoms with Crippen LogP contribution in [0.4, 0.5) is 5.82 Å². The molecule has 2 N–H and O–H groups in total. The smallest absolute Gasteiger partial charge is 0.129 e. The lowest BCUT2D eigenvalue weighted by Crippen LogP contribution is -2.20. The van der Waals surface area contributed by atoms with Crippen LogP contribution in [0.1, 0.15) is 11.4 Å². The largest absolute Gasteiger partial charge is 0.352 e. The summed E-state index contributed by atoms with van der Waals surface area (Å²) in [5, 5.41) is 1.12. The molecule has 0 saturated carbocycles. The maximum absolute atomic E-state index is 5.88. The summed E-state index contributed by atoms with van der Waals surface area (Å²) in [5.41, 5.74) is 7.97. The molecule has 0 spiro atoms. The van der Waals surface area contributed by atoms with E-state index in [9.17, 15) is 0 Å². The van der Waals surface area contributed by atoms with E-state index in [4.69, 9.17) is 10.7 Å². The first-order chi connectivity index (χ1) is 10.2. The maximum atomic E-state index is 5.88. The van der Waals surface area contributed by atoms with E-state index in [2.05, 4.69) is 22.0 Å². The average molecular weight is 281 g/mol. The van der Waals surface area contributed by atoms with Crippen molar-refractivity contribution in [2.75, 3.05) is 11.9 Å². The van der Waals surface area contributed by atoms with Crippen LogP contribution in [0, 0.1) is 0 Å².